The summed E-state index contributed by atoms with van der Waals surface area (Å²) in [5.41, 5.74) is 7.68. The van der Waals surface area contributed by atoms with Gasteiger partial charge in [-0.25, -0.2) is 0 Å². The van der Waals surface area contributed by atoms with E-state index in [0.717, 1.165) is 10.0 Å². The van der Waals surface area contributed by atoms with Crippen LogP contribution < -0.4 is 5.73 Å². The fourth-order valence-corrected chi connectivity index (χ4v) is 2.44. The summed E-state index contributed by atoms with van der Waals surface area (Å²) >= 11 is 3.26. The molecule has 2 aromatic rings. The smallest absolute Gasteiger partial charge is 0.257 e. The topological polar surface area (TPSA) is 66.6 Å². The Morgan fingerprint density at radius 2 is 2.05 bits per heavy atom. The molecule has 0 saturated carbocycles. The number of benzene rings is 2. The van der Waals surface area contributed by atoms with Crippen molar-refractivity contribution in [2.75, 3.05) is 12.3 Å². The average molecular weight is 349 g/mol. The maximum atomic E-state index is 12.5. The molecule has 110 valence electrons. The van der Waals surface area contributed by atoms with Crippen LogP contribution in [0.3, 0.4) is 0 Å². The van der Waals surface area contributed by atoms with Crippen LogP contribution in [0.2, 0.25) is 0 Å². The number of nitrogens with zero attached hydrogens (tertiary/aromatic N) is 1. The molecule has 5 heteroatoms. The van der Waals surface area contributed by atoms with Gasteiger partial charge in [0.25, 0.3) is 5.91 Å². The van der Waals surface area contributed by atoms with Gasteiger partial charge in [0.05, 0.1) is 5.56 Å². The lowest BCUT2D eigenvalue weighted by Gasteiger charge is -2.21. The minimum atomic E-state index is -0.204. The minimum absolute atomic E-state index is 0.0274. The summed E-state index contributed by atoms with van der Waals surface area (Å²) in [5.74, 6) is -0.231. The minimum Gasteiger partial charge on any atom is -0.507 e. The number of hydrogen-bond donors (Lipinski definition) is 2. The number of nitrogens with two attached hydrogens (primary N) is 1. The molecule has 0 unspecified atom stereocenters. The van der Waals surface area contributed by atoms with Gasteiger partial charge < -0.3 is 15.7 Å². The number of phenolic OH excluding ortho intramolecular Hbond substituents is 1. The molecule has 0 fully saturated rings. The van der Waals surface area contributed by atoms with Crippen LogP contribution in [0.4, 0.5) is 5.69 Å². The van der Waals surface area contributed by atoms with Crippen molar-refractivity contribution in [2.45, 2.75) is 13.5 Å². The van der Waals surface area contributed by atoms with Crippen LogP contribution in [0.5, 0.6) is 5.75 Å². The fraction of sp³-hybridized carbons (Fsp3) is 0.188. The van der Waals surface area contributed by atoms with Crippen LogP contribution in [0.15, 0.2) is 46.9 Å². The Labute approximate surface area is 132 Å². The van der Waals surface area contributed by atoms with Crippen molar-refractivity contribution in [1.29, 1.82) is 0 Å². The van der Waals surface area contributed by atoms with Gasteiger partial charge in [-0.3, -0.25) is 4.79 Å². The zero-order valence-corrected chi connectivity index (χ0v) is 13.3. The standard InChI is InChI=1S/C16H17BrN2O2/c1-2-19(10-11-4-3-5-13(18)8-11)16(21)14-7-6-12(17)9-15(14)20/h3-9,20H,2,10,18H2,1H3. The van der Waals surface area contributed by atoms with Crippen molar-refractivity contribution in [3.63, 3.8) is 0 Å². The van der Waals surface area contributed by atoms with Crippen molar-refractivity contribution in [1.82, 2.24) is 4.90 Å². The highest BCUT2D eigenvalue weighted by Crippen LogP contribution is 2.24. The van der Waals surface area contributed by atoms with E-state index >= 15 is 0 Å². The highest BCUT2D eigenvalue weighted by molar-refractivity contribution is 9.10. The molecule has 2 rings (SSSR count). The number of hydrogen-bond acceptors (Lipinski definition) is 3. The first-order valence-electron chi connectivity index (χ1n) is 6.63. The van der Waals surface area contributed by atoms with Gasteiger partial charge in [-0.15, -0.1) is 0 Å². The number of aromatic hydroxyl groups is 1. The van der Waals surface area contributed by atoms with Gasteiger partial charge in [-0.05, 0) is 42.8 Å². The normalized spacial score (nSPS) is 10.4. The van der Waals surface area contributed by atoms with E-state index in [4.69, 9.17) is 5.73 Å². The summed E-state index contributed by atoms with van der Waals surface area (Å²) in [6.45, 7) is 2.90. The van der Waals surface area contributed by atoms with Gasteiger partial charge in [0, 0.05) is 23.2 Å². The summed E-state index contributed by atoms with van der Waals surface area (Å²) in [6.07, 6.45) is 0. The summed E-state index contributed by atoms with van der Waals surface area (Å²) in [4.78, 5) is 14.2. The first-order chi connectivity index (χ1) is 10.0. The third-order valence-electron chi connectivity index (χ3n) is 3.18. The second-order valence-corrected chi connectivity index (χ2v) is 5.64. The van der Waals surface area contributed by atoms with Crippen LogP contribution >= 0.6 is 15.9 Å². The van der Waals surface area contributed by atoms with E-state index in [2.05, 4.69) is 15.9 Å². The zero-order chi connectivity index (χ0) is 15.4. The molecule has 0 aliphatic carbocycles. The summed E-state index contributed by atoms with van der Waals surface area (Å²) < 4.78 is 0.732. The molecule has 0 bridgehead atoms. The largest absolute Gasteiger partial charge is 0.507 e. The number of amides is 1. The van der Waals surface area contributed by atoms with Gasteiger partial charge in [0.2, 0.25) is 0 Å². The number of anilines is 1. The summed E-state index contributed by atoms with van der Waals surface area (Å²) in [7, 11) is 0. The summed E-state index contributed by atoms with van der Waals surface area (Å²) in [5, 5.41) is 9.92. The van der Waals surface area contributed by atoms with Gasteiger partial charge >= 0.3 is 0 Å². The molecule has 21 heavy (non-hydrogen) atoms. The van der Waals surface area contributed by atoms with Crippen LogP contribution in [-0.2, 0) is 6.54 Å². The van der Waals surface area contributed by atoms with Crippen LogP contribution in [0.1, 0.15) is 22.8 Å². The van der Waals surface area contributed by atoms with E-state index < -0.39 is 0 Å². The van der Waals surface area contributed by atoms with Crippen molar-refractivity contribution in [2.24, 2.45) is 0 Å². The molecule has 0 heterocycles. The molecule has 0 saturated heterocycles. The van der Waals surface area contributed by atoms with Crippen LogP contribution in [0, 0.1) is 0 Å². The molecule has 0 atom stereocenters. The molecule has 4 nitrogen and oxygen atoms in total. The van der Waals surface area contributed by atoms with E-state index in [1.165, 1.54) is 6.07 Å². The van der Waals surface area contributed by atoms with E-state index in [0.29, 0.717) is 24.3 Å². The maximum absolute atomic E-state index is 12.5. The first kappa shape index (κ1) is 15.4. The van der Waals surface area contributed by atoms with E-state index in [1.54, 1.807) is 17.0 Å². The lowest BCUT2D eigenvalue weighted by atomic mass is 10.1. The van der Waals surface area contributed by atoms with Crippen molar-refractivity contribution in [3.05, 3.63) is 58.1 Å². The Morgan fingerprint density at radius 1 is 1.29 bits per heavy atom. The number of phenols is 1. The third-order valence-corrected chi connectivity index (χ3v) is 3.68. The molecule has 1 amide bonds. The molecule has 0 aliphatic heterocycles. The Kier molecular flexibility index (Phi) is 4.85. The SMILES string of the molecule is CCN(Cc1cccc(N)c1)C(=O)c1ccc(Br)cc1O. The zero-order valence-electron chi connectivity index (χ0n) is 11.7. The number of carbonyl (C=O) groups excluding carboxylic acids is 1. The maximum Gasteiger partial charge on any atom is 0.257 e. The highest BCUT2D eigenvalue weighted by Gasteiger charge is 2.18. The fourth-order valence-electron chi connectivity index (χ4n) is 2.10. The molecule has 0 radical (unpaired) electrons. The monoisotopic (exact) mass is 348 g/mol. The van der Waals surface area contributed by atoms with Crippen molar-refractivity contribution < 1.29 is 9.90 Å². The van der Waals surface area contributed by atoms with Crippen molar-refractivity contribution >= 4 is 27.5 Å². The van der Waals surface area contributed by atoms with Gasteiger partial charge in [0.1, 0.15) is 5.75 Å². The lowest BCUT2D eigenvalue weighted by Crippen LogP contribution is -2.30. The first-order valence-corrected chi connectivity index (χ1v) is 7.42. The Morgan fingerprint density at radius 3 is 2.67 bits per heavy atom. The van der Waals surface area contributed by atoms with Crippen molar-refractivity contribution in [3.8, 4) is 5.75 Å². The second-order valence-electron chi connectivity index (χ2n) is 4.73. The molecule has 3 N–H and O–H groups in total. The predicted molar refractivity (Wildman–Crippen MR) is 87.1 cm³/mol. The van der Waals surface area contributed by atoms with Crippen LogP contribution in [-0.4, -0.2) is 22.5 Å². The number of rotatable bonds is 4. The quantitative estimate of drug-likeness (QED) is 0.832. The summed E-state index contributed by atoms with van der Waals surface area (Å²) in [6, 6.07) is 12.3. The lowest BCUT2D eigenvalue weighted by molar-refractivity contribution is 0.0749. The Hall–Kier alpha value is -2.01. The number of carbonyl (C=O) groups is 1. The average Bonchev–Trinajstić information content (AvgIpc) is 2.44. The Bertz CT molecular complexity index is 658. The van der Waals surface area contributed by atoms with E-state index in [1.807, 2.05) is 31.2 Å². The predicted octanol–water partition coefficient (Wildman–Crippen LogP) is 3.40. The van der Waals surface area contributed by atoms with Gasteiger partial charge in [0.15, 0.2) is 0 Å². The molecular formula is C16H17BrN2O2. The van der Waals surface area contributed by atoms with E-state index in [-0.39, 0.29) is 11.7 Å². The third kappa shape index (κ3) is 3.76. The van der Waals surface area contributed by atoms with Gasteiger partial charge in [-0.1, -0.05) is 28.1 Å². The number of halogens is 1. The molecule has 0 aromatic heterocycles. The Balaban J connectivity index is 2.22. The molecule has 0 aliphatic rings. The van der Waals surface area contributed by atoms with Crippen LogP contribution in [0.25, 0.3) is 0 Å². The van der Waals surface area contributed by atoms with Gasteiger partial charge in [-0.2, -0.15) is 0 Å². The highest BCUT2D eigenvalue weighted by atomic mass is 79.9. The van der Waals surface area contributed by atoms with E-state index in [9.17, 15) is 9.90 Å². The second kappa shape index (κ2) is 6.63. The number of nitrogen functional groups attached to an aromatic ring is 1. The molecular weight excluding hydrogens is 332 g/mol. The molecule has 0 spiro atoms. The molecule has 2 aromatic carbocycles.